The first-order valence-electron chi connectivity index (χ1n) is 11.2. The number of benzene rings is 1. The molecule has 4 aliphatic carbocycles. The molecule has 0 unspecified atom stereocenters. The van der Waals surface area contributed by atoms with Gasteiger partial charge in [-0.15, -0.1) is 5.10 Å². The highest BCUT2D eigenvalue weighted by Gasteiger charge is 2.52. The standard InChI is InChI=1S/C24H29N3O3S/c1-14-3-5-19(6-4-14)27-22(30)20(10-21(28)29)31-23(27)26-25-15(2)24-11-16-7-17(12-24)9-18(8-16)13-24/h3-6,16-18,20H,7-13H2,1-2H3,(H,28,29)/t16?,17?,18?,20-,24?/m0/s1. The molecule has 6 nitrogen and oxygen atoms in total. The van der Waals surface area contributed by atoms with Gasteiger partial charge in [0.25, 0.3) is 0 Å². The molecule has 0 aromatic heterocycles. The number of rotatable bonds is 5. The lowest BCUT2D eigenvalue weighted by atomic mass is 9.48. The number of carbonyl (C=O) groups is 2. The van der Waals surface area contributed by atoms with Crippen molar-refractivity contribution in [2.24, 2.45) is 33.4 Å². The Balaban J connectivity index is 1.45. The van der Waals surface area contributed by atoms with Crippen LogP contribution in [0, 0.1) is 30.1 Å². The van der Waals surface area contributed by atoms with Crippen LogP contribution in [-0.2, 0) is 9.59 Å². The number of carboxylic acid groups (broad SMARTS) is 1. The molecular weight excluding hydrogens is 410 g/mol. The van der Waals surface area contributed by atoms with Gasteiger partial charge in [0, 0.05) is 11.1 Å². The molecule has 1 aromatic carbocycles. The number of nitrogens with zero attached hydrogens (tertiary/aromatic N) is 3. The van der Waals surface area contributed by atoms with Crippen LogP contribution in [0.3, 0.4) is 0 Å². The van der Waals surface area contributed by atoms with E-state index in [1.54, 1.807) is 0 Å². The minimum atomic E-state index is -0.982. The first kappa shape index (κ1) is 20.7. The van der Waals surface area contributed by atoms with Gasteiger partial charge in [0.2, 0.25) is 5.91 Å². The molecule has 5 aliphatic rings. The summed E-state index contributed by atoms with van der Waals surface area (Å²) in [5.74, 6) is 1.27. The number of hydrogen-bond donors (Lipinski definition) is 1. The van der Waals surface area contributed by atoms with Crippen LogP contribution in [0.1, 0.15) is 57.4 Å². The van der Waals surface area contributed by atoms with Crippen molar-refractivity contribution in [3.63, 3.8) is 0 Å². The van der Waals surface area contributed by atoms with Gasteiger partial charge in [0.15, 0.2) is 5.17 Å². The van der Waals surface area contributed by atoms with Gasteiger partial charge in [-0.25, -0.2) is 0 Å². The van der Waals surface area contributed by atoms with Gasteiger partial charge in [-0.2, -0.15) is 5.10 Å². The topological polar surface area (TPSA) is 82.3 Å². The summed E-state index contributed by atoms with van der Waals surface area (Å²) in [5.41, 5.74) is 3.05. The van der Waals surface area contributed by atoms with Gasteiger partial charge >= 0.3 is 5.97 Å². The van der Waals surface area contributed by atoms with Crippen molar-refractivity contribution in [2.45, 2.75) is 64.0 Å². The highest BCUT2D eigenvalue weighted by molar-refractivity contribution is 8.16. The van der Waals surface area contributed by atoms with Gasteiger partial charge < -0.3 is 5.11 Å². The molecular formula is C24H29N3O3S. The number of carbonyl (C=O) groups excluding carboxylic acids is 1. The number of hydrogen-bond acceptors (Lipinski definition) is 5. The molecule has 31 heavy (non-hydrogen) atoms. The van der Waals surface area contributed by atoms with Gasteiger partial charge in [-0.1, -0.05) is 29.5 Å². The summed E-state index contributed by atoms with van der Waals surface area (Å²) >= 11 is 1.21. The first-order valence-corrected chi connectivity index (χ1v) is 12.1. The second-order valence-corrected chi connectivity index (χ2v) is 11.1. The van der Waals surface area contributed by atoms with E-state index in [1.807, 2.05) is 31.2 Å². The van der Waals surface area contributed by atoms with Crippen LogP contribution in [0.2, 0.25) is 0 Å². The average molecular weight is 440 g/mol. The molecule has 1 atom stereocenters. The van der Waals surface area contributed by atoms with Crippen LogP contribution in [-0.4, -0.2) is 33.1 Å². The Hall–Kier alpha value is -2.15. The number of carboxylic acids is 1. The molecule has 1 saturated heterocycles. The molecule has 6 rings (SSSR count). The molecule has 1 aliphatic heterocycles. The fraction of sp³-hybridized carbons (Fsp3) is 0.583. The Morgan fingerprint density at radius 2 is 1.71 bits per heavy atom. The van der Waals surface area contributed by atoms with Crippen LogP contribution >= 0.6 is 11.8 Å². The van der Waals surface area contributed by atoms with E-state index >= 15 is 0 Å². The van der Waals surface area contributed by atoms with E-state index in [1.165, 1.54) is 55.2 Å². The number of amidine groups is 1. The van der Waals surface area contributed by atoms with Gasteiger partial charge in [-0.05, 0) is 82.3 Å². The monoisotopic (exact) mass is 439 g/mol. The first-order chi connectivity index (χ1) is 14.8. The fourth-order valence-corrected chi connectivity index (χ4v) is 7.61. The summed E-state index contributed by atoms with van der Waals surface area (Å²) in [6.07, 6.45) is 7.57. The van der Waals surface area contributed by atoms with E-state index in [4.69, 9.17) is 0 Å². The van der Waals surface area contributed by atoms with Crippen LogP contribution in [0.4, 0.5) is 5.69 Å². The molecule has 1 amide bonds. The number of anilines is 1. The third-order valence-corrected chi connectivity index (χ3v) is 8.81. The molecule has 5 fully saturated rings. The zero-order valence-electron chi connectivity index (χ0n) is 18.1. The Morgan fingerprint density at radius 1 is 1.13 bits per heavy atom. The zero-order chi connectivity index (χ0) is 21.8. The summed E-state index contributed by atoms with van der Waals surface area (Å²) in [6.45, 7) is 4.09. The summed E-state index contributed by atoms with van der Waals surface area (Å²) in [6, 6.07) is 7.64. The van der Waals surface area contributed by atoms with Crippen molar-refractivity contribution in [2.75, 3.05) is 4.90 Å². The third-order valence-electron chi connectivity index (χ3n) is 7.68. The number of aliphatic carboxylic acids is 1. The van der Waals surface area contributed by atoms with E-state index in [9.17, 15) is 14.7 Å². The fourth-order valence-electron chi connectivity index (χ4n) is 6.53. The normalized spacial score (nSPS) is 35.9. The zero-order valence-corrected chi connectivity index (χ0v) is 18.9. The predicted molar refractivity (Wildman–Crippen MR) is 123 cm³/mol. The lowest BCUT2D eigenvalue weighted by Gasteiger charge is -2.56. The molecule has 1 aromatic rings. The van der Waals surface area contributed by atoms with Crippen molar-refractivity contribution < 1.29 is 14.7 Å². The predicted octanol–water partition coefficient (Wildman–Crippen LogP) is 4.87. The van der Waals surface area contributed by atoms with E-state index in [0.717, 1.165) is 29.0 Å². The summed E-state index contributed by atoms with van der Waals surface area (Å²) in [4.78, 5) is 25.8. The minimum absolute atomic E-state index is 0.168. The Morgan fingerprint density at radius 3 is 2.26 bits per heavy atom. The van der Waals surface area contributed by atoms with Crippen molar-refractivity contribution in [1.82, 2.24) is 0 Å². The lowest BCUT2D eigenvalue weighted by Crippen LogP contribution is -2.49. The van der Waals surface area contributed by atoms with Gasteiger partial charge in [0.05, 0.1) is 12.1 Å². The van der Waals surface area contributed by atoms with E-state index < -0.39 is 11.2 Å². The molecule has 164 valence electrons. The minimum Gasteiger partial charge on any atom is -0.481 e. The largest absolute Gasteiger partial charge is 0.481 e. The average Bonchev–Trinajstić information content (AvgIpc) is 3.00. The summed E-state index contributed by atoms with van der Waals surface area (Å²) in [5, 5.41) is 18.3. The Bertz CT molecular complexity index is 934. The number of aryl methyl sites for hydroxylation is 1. The molecule has 0 radical (unpaired) electrons. The van der Waals surface area contributed by atoms with Crippen LogP contribution in [0.15, 0.2) is 34.5 Å². The van der Waals surface area contributed by atoms with Crippen molar-refractivity contribution in [1.29, 1.82) is 0 Å². The summed E-state index contributed by atoms with van der Waals surface area (Å²) < 4.78 is 0. The maximum atomic E-state index is 13.0. The Labute approximate surface area is 187 Å². The molecule has 7 heteroatoms. The van der Waals surface area contributed by atoms with Crippen LogP contribution in [0.25, 0.3) is 0 Å². The summed E-state index contributed by atoms with van der Waals surface area (Å²) in [7, 11) is 0. The van der Waals surface area contributed by atoms with Crippen LogP contribution < -0.4 is 4.90 Å². The maximum absolute atomic E-state index is 13.0. The second kappa shape index (κ2) is 7.76. The lowest BCUT2D eigenvalue weighted by molar-refractivity contribution is -0.138. The van der Waals surface area contributed by atoms with Crippen molar-refractivity contribution in [3.05, 3.63) is 29.8 Å². The molecule has 4 bridgehead atoms. The Kier molecular flexibility index (Phi) is 5.19. The smallest absolute Gasteiger partial charge is 0.305 e. The number of thioether (sulfide) groups is 1. The SMILES string of the molecule is CC(=NN=C1S[C@@H](CC(=O)O)C(=O)N1c1ccc(C)cc1)C12CC3CC(CC(C3)C1)C2. The van der Waals surface area contributed by atoms with E-state index in [0.29, 0.717) is 10.9 Å². The van der Waals surface area contributed by atoms with Crippen molar-refractivity contribution in [3.8, 4) is 0 Å². The van der Waals surface area contributed by atoms with Gasteiger partial charge in [-0.3, -0.25) is 14.5 Å². The highest BCUT2D eigenvalue weighted by Crippen LogP contribution is 2.60. The quantitative estimate of drug-likeness (QED) is 0.524. The van der Waals surface area contributed by atoms with Gasteiger partial charge in [0.1, 0.15) is 5.25 Å². The van der Waals surface area contributed by atoms with Crippen LogP contribution in [0.5, 0.6) is 0 Å². The molecule has 1 N–H and O–H groups in total. The third kappa shape index (κ3) is 3.81. The van der Waals surface area contributed by atoms with E-state index in [2.05, 4.69) is 17.1 Å². The molecule has 1 heterocycles. The second-order valence-electron chi connectivity index (χ2n) is 9.98. The van der Waals surface area contributed by atoms with E-state index in [-0.39, 0.29) is 17.7 Å². The maximum Gasteiger partial charge on any atom is 0.305 e. The molecule has 0 spiro atoms. The highest BCUT2D eigenvalue weighted by atomic mass is 32.2. The number of amides is 1. The molecule has 4 saturated carbocycles. The van der Waals surface area contributed by atoms with Crippen molar-refractivity contribution >= 4 is 40.2 Å².